The van der Waals surface area contributed by atoms with Crippen LogP contribution >= 0.6 is 0 Å². The number of Topliss-reactive ketones (excluding diaryl/α,β-unsaturated/α-hetero) is 1. The molecule has 1 atom stereocenters. The number of pyridine rings is 1. The Kier molecular flexibility index (Phi) is 4.73. The van der Waals surface area contributed by atoms with Gasteiger partial charge in [0, 0.05) is 31.1 Å². The monoisotopic (exact) mass is 377 g/mol. The van der Waals surface area contributed by atoms with Crippen LogP contribution in [0, 0.1) is 0 Å². The molecule has 4 rings (SSSR count). The molecule has 2 aromatic rings. The average molecular weight is 377 g/mol. The Bertz CT molecular complexity index is 971. The van der Waals surface area contributed by atoms with Crippen LogP contribution in [0.15, 0.2) is 42.6 Å². The number of carbonyl (C=O) groups excluding carboxylic acids is 4. The number of amides is 3. The lowest BCUT2D eigenvalue weighted by molar-refractivity contribution is -0.136. The molecule has 1 aromatic carbocycles. The van der Waals surface area contributed by atoms with Crippen molar-refractivity contribution >= 4 is 23.5 Å². The lowest BCUT2D eigenvalue weighted by atomic mass is 10.0. The summed E-state index contributed by atoms with van der Waals surface area (Å²) in [6.45, 7) is 0.336. The molecular weight excluding hydrogens is 358 g/mol. The molecule has 3 amide bonds. The van der Waals surface area contributed by atoms with Gasteiger partial charge in [0.05, 0.1) is 0 Å². The van der Waals surface area contributed by atoms with Gasteiger partial charge in [-0.1, -0.05) is 18.2 Å². The highest BCUT2D eigenvalue weighted by Gasteiger charge is 2.39. The first-order valence-corrected chi connectivity index (χ1v) is 9.23. The molecule has 7 nitrogen and oxygen atoms in total. The van der Waals surface area contributed by atoms with Crippen molar-refractivity contribution < 1.29 is 19.2 Å². The highest BCUT2D eigenvalue weighted by atomic mass is 16.2. The van der Waals surface area contributed by atoms with Crippen molar-refractivity contribution in [2.24, 2.45) is 0 Å². The van der Waals surface area contributed by atoms with E-state index in [1.54, 1.807) is 30.5 Å². The van der Waals surface area contributed by atoms with Crippen LogP contribution in [-0.4, -0.2) is 39.4 Å². The van der Waals surface area contributed by atoms with E-state index in [1.807, 2.05) is 12.1 Å². The van der Waals surface area contributed by atoms with Crippen molar-refractivity contribution in [3.63, 3.8) is 0 Å². The van der Waals surface area contributed by atoms with Gasteiger partial charge in [-0.25, -0.2) is 0 Å². The summed E-state index contributed by atoms with van der Waals surface area (Å²) in [5, 5.41) is 2.30. The van der Waals surface area contributed by atoms with Crippen molar-refractivity contribution in [3.8, 4) is 0 Å². The molecule has 1 N–H and O–H groups in total. The second kappa shape index (κ2) is 7.34. The number of aromatic nitrogens is 1. The van der Waals surface area contributed by atoms with Crippen molar-refractivity contribution in [2.45, 2.75) is 38.3 Å². The van der Waals surface area contributed by atoms with E-state index in [2.05, 4.69) is 10.3 Å². The summed E-state index contributed by atoms with van der Waals surface area (Å²) >= 11 is 0. The van der Waals surface area contributed by atoms with Gasteiger partial charge in [-0.05, 0) is 42.2 Å². The molecule has 0 radical (unpaired) electrons. The Balaban J connectivity index is 1.44. The molecule has 7 heteroatoms. The van der Waals surface area contributed by atoms with E-state index in [-0.39, 0.29) is 24.0 Å². The Morgan fingerprint density at radius 1 is 1.18 bits per heavy atom. The number of fused-ring (bicyclic) bond motifs is 1. The van der Waals surface area contributed by atoms with Gasteiger partial charge in [-0.3, -0.25) is 29.5 Å². The first-order chi connectivity index (χ1) is 13.5. The zero-order valence-corrected chi connectivity index (χ0v) is 15.2. The summed E-state index contributed by atoms with van der Waals surface area (Å²) in [5.74, 6) is -0.938. The van der Waals surface area contributed by atoms with Crippen LogP contribution in [0.3, 0.4) is 0 Å². The Morgan fingerprint density at radius 2 is 2.04 bits per heavy atom. The number of nitrogens with zero attached hydrogens (tertiary/aromatic N) is 2. The molecule has 1 unspecified atom stereocenters. The summed E-state index contributed by atoms with van der Waals surface area (Å²) in [7, 11) is 0. The molecule has 3 heterocycles. The predicted octanol–water partition coefficient (Wildman–Crippen LogP) is 1.66. The van der Waals surface area contributed by atoms with Gasteiger partial charge in [0.25, 0.3) is 5.91 Å². The minimum atomic E-state index is -0.619. The van der Waals surface area contributed by atoms with E-state index in [0.29, 0.717) is 37.1 Å². The van der Waals surface area contributed by atoms with E-state index in [9.17, 15) is 19.2 Å². The summed E-state index contributed by atoms with van der Waals surface area (Å²) in [6.07, 6.45) is 3.06. The molecule has 0 aliphatic carbocycles. The predicted molar refractivity (Wildman–Crippen MR) is 99.4 cm³/mol. The normalized spacial score (nSPS) is 18.8. The van der Waals surface area contributed by atoms with Gasteiger partial charge in [0.1, 0.15) is 11.7 Å². The molecule has 0 saturated carbocycles. The highest BCUT2D eigenvalue weighted by molar-refractivity contribution is 6.05. The van der Waals surface area contributed by atoms with Gasteiger partial charge < -0.3 is 4.90 Å². The van der Waals surface area contributed by atoms with E-state index < -0.39 is 11.9 Å². The summed E-state index contributed by atoms with van der Waals surface area (Å²) in [5.41, 5.74) is 2.82. The number of benzene rings is 1. The molecular formula is C21H19N3O4. The van der Waals surface area contributed by atoms with E-state index in [0.717, 1.165) is 11.1 Å². The summed E-state index contributed by atoms with van der Waals surface area (Å²) < 4.78 is 0. The summed E-state index contributed by atoms with van der Waals surface area (Å²) in [4.78, 5) is 53.9. The number of hydrogen-bond acceptors (Lipinski definition) is 5. The molecule has 0 bridgehead atoms. The lowest BCUT2D eigenvalue weighted by Crippen LogP contribution is -2.52. The minimum Gasteiger partial charge on any atom is -0.322 e. The largest absolute Gasteiger partial charge is 0.322 e. The third-order valence-corrected chi connectivity index (χ3v) is 5.18. The highest BCUT2D eigenvalue weighted by Crippen LogP contribution is 2.28. The van der Waals surface area contributed by atoms with Gasteiger partial charge >= 0.3 is 0 Å². The van der Waals surface area contributed by atoms with Gasteiger partial charge in [-0.2, -0.15) is 0 Å². The minimum absolute atomic E-state index is 0.0256. The zero-order valence-electron chi connectivity index (χ0n) is 15.2. The lowest BCUT2D eigenvalue weighted by Gasteiger charge is -2.29. The quantitative estimate of drug-likeness (QED) is 0.631. The van der Waals surface area contributed by atoms with Crippen LogP contribution in [0.25, 0.3) is 0 Å². The smallest absolute Gasteiger partial charge is 0.255 e. The number of imide groups is 1. The molecule has 1 fully saturated rings. The van der Waals surface area contributed by atoms with Crippen LogP contribution in [0.2, 0.25) is 0 Å². The Hall–Kier alpha value is -3.35. The number of rotatable bonds is 5. The fourth-order valence-electron chi connectivity index (χ4n) is 3.70. The molecule has 142 valence electrons. The molecule has 1 saturated heterocycles. The number of aryl methyl sites for hydroxylation is 1. The fourth-order valence-corrected chi connectivity index (χ4v) is 3.70. The fraction of sp³-hybridized carbons (Fsp3) is 0.286. The number of piperidine rings is 1. The van der Waals surface area contributed by atoms with Crippen LogP contribution in [0.5, 0.6) is 0 Å². The Labute approximate surface area is 161 Å². The maximum Gasteiger partial charge on any atom is 0.255 e. The first kappa shape index (κ1) is 18.0. The number of ketones is 1. The number of carbonyl (C=O) groups is 4. The molecule has 2 aliphatic rings. The van der Waals surface area contributed by atoms with Crippen molar-refractivity contribution in [3.05, 3.63) is 65.0 Å². The van der Waals surface area contributed by atoms with Crippen LogP contribution in [-0.2, 0) is 22.6 Å². The van der Waals surface area contributed by atoms with E-state index in [4.69, 9.17) is 0 Å². The standard InChI is InChI=1S/C21H19N3O4/c25-18(16-3-1-2-10-22-16)8-5-13-4-6-15-14(11-13)12-24(21(15)28)17-7-9-19(26)23-20(17)27/h1-4,6,10-11,17H,5,7-9,12H2,(H,23,26,27). The molecule has 1 aromatic heterocycles. The first-order valence-electron chi connectivity index (χ1n) is 9.23. The summed E-state index contributed by atoms with van der Waals surface area (Å²) in [6, 6.07) is 10.1. The van der Waals surface area contributed by atoms with Crippen molar-refractivity contribution in [1.29, 1.82) is 0 Å². The van der Waals surface area contributed by atoms with E-state index >= 15 is 0 Å². The van der Waals surface area contributed by atoms with Gasteiger partial charge in [0.15, 0.2) is 5.78 Å². The van der Waals surface area contributed by atoms with Crippen LogP contribution < -0.4 is 5.32 Å². The second-order valence-electron chi connectivity index (χ2n) is 7.03. The molecule has 0 spiro atoms. The van der Waals surface area contributed by atoms with Gasteiger partial charge in [-0.15, -0.1) is 0 Å². The third-order valence-electron chi connectivity index (χ3n) is 5.18. The zero-order chi connectivity index (χ0) is 19.7. The van der Waals surface area contributed by atoms with E-state index in [1.165, 1.54) is 4.90 Å². The van der Waals surface area contributed by atoms with Crippen molar-refractivity contribution in [2.75, 3.05) is 0 Å². The number of hydrogen-bond donors (Lipinski definition) is 1. The maximum absolute atomic E-state index is 12.7. The third kappa shape index (κ3) is 3.43. The Morgan fingerprint density at radius 3 is 2.79 bits per heavy atom. The van der Waals surface area contributed by atoms with Crippen molar-refractivity contribution in [1.82, 2.24) is 15.2 Å². The SMILES string of the molecule is O=C1CCC(N2Cc3cc(CCC(=O)c4ccccn4)ccc3C2=O)C(=O)N1. The topological polar surface area (TPSA) is 96.4 Å². The second-order valence-corrected chi connectivity index (χ2v) is 7.03. The maximum atomic E-state index is 12.7. The van der Waals surface area contributed by atoms with Gasteiger partial charge in [0.2, 0.25) is 11.8 Å². The van der Waals surface area contributed by atoms with Crippen LogP contribution in [0.4, 0.5) is 0 Å². The molecule has 28 heavy (non-hydrogen) atoms. The average Bonchev–Trinajstić information content (AvgIpc) is 3.02. The molecule has 2 aliphatic heterocycles. The van der Waals surface area contributed by atoms with Crippen LogP contribution in [0.1, 0.15) is 51.2 Å². The number of nitrogens with one attached hydrogen (secondary N) is 1.